The first-order valence-electron chi connectivity index (χ1n) is 6.66. The fourth-order valence-corrected chi connectivity index (χ4v) is 2.41. The van der Waals surface area contributed by atoms with Crippen molar-refractivity contribution in [1.82, 2.24) is 15.3 Å². The number of rotatable bonds is 7. The third kappa shape index (κ3) is 3.49. The fraction of sp³-hybridized carbons (Fsp3) is 0.692. The lowest BCUT2D eigenvalue weighted by atomic mass is 9.99. The van der Waals surface area contributed by atoms with E-state index in [-0.39, 0.29) is 5.54 Å². The van der Waals surface area contributed by atoms with Gasteiger partial charge >= 0.3 is 0 Å². The van der Waals surface area contributed by atoms with Gasteiger partial charge in [0.05, 0.1) is 32.4 Å². The van der Waals surface area contributed by atoms with Crippen LogP contribution >= 0.6 is 0 Å². The molecule has 1 aromatic rings. The lowest BCUT2D eigenvalue weighted by Crippen LogP contribution is -2.49. The van der Waals surface area contributed by atoms with Gasteiger partial charge in [-0.25, -0.2) is 0 Å². The van der Waals surface area contributed by atoms with Crippen molar-refractivity contribution < 1.29 is 14.2 Å². The van der Waals surface area contributed by atoms with Crippen LogP contribution in [0.1, 0.15) is 12.8 Å². The first kappa shape index (κ1) is 14.8. The molecule has 1 fully saturated rings. The predicted molar refractivity (Wildman–Crippen MR) is 75.5 cm³/mol. The molecule has 1 atom stereocenters. The summed E-state index contributed by atoms with van der Waals surface area (Å²) in [7, 11) is 4.85. The summed E-state index contributed by atoms with van der Waals surface area (Å²) in [5.74, 6) is 1.43. The van der Waals surface area contributed by atoms with Crippen LogP contribution in [0.5, 0.6) is 11.8 Å². The lowest BCUT2D eigenvalue weighted by molar-refractivity contribution is 0.127. The second-order valence-corrected chi connectivity index (χ2v) is 4.87. The zero-order valence-electron chi connectivity index (χ0n) is 12.2. The minimum absolute atomic E-state index is 0.0611. The van der Waals surface area contributed by atoms with Gasteiger partial charge in [0.2, 0.25) is 17.7 Å². The van der Waals surface area contributed by atoms with Gasteiger partial charge in [0.25, 0.3) is 0 Å². The Hall–Kier alpha value is -1.60. The molecule has 0 aliphatic carbocycles. The van der Waals surface area contributed by atoms with Gasteiger partial charge in [0, 0.05) is 13.7 Å². The Labute approximate surface area is 119 Å². The molecule has 0 saturated carbocycles. The van der Waals surface area contributed by atoms with E-state index in [1.54, 1.807) is 27.4 Å². The van der Waals surface area contributed by atoms with Crippen LogP contribution in [0.3, 0.4) is 0 Å². The van der Waals surface area contributed by atoms with E-state index in [1.165, 1.54) is 0 Å². The maximum absolute atomic E-state index is 5.31. The molecular formula is C13H22N4O3. The highest BCUT2D eigenvalue weighted by molar-refractivity contribution is 5.34. The minimum atomic E-state index is -0.0611. The third-order valence-electron chi connectivity index (χ3n) is 3.44. The fourth-order valence-electron chi connectivity index (χ4n) is 2.41. The van der Waals surface area contributed by atoms with Crippen molar-refractivity contribution >= 4 is 5.95 Å². The highest BCUT2D eigenvalue weighted by Crippen LogP contribution is 2.22. The Balaban J connectivity index is 2.05. The standard InChI is InChI=1S/C13H22N4O3/c1-18-9-13(5-4-6-15-13)8-14-12-16-10(19-2)7-11(17-12)20-3/h7,15H,4-6,8-9H2,1-3H3,(H,14,16,17). The van der Waals surface area contributed by atoms with E-state index < -0.39 is 0 Å². The molecule has 0 bridgehead atoms. The highest BCUT2D eigenvalue weighted by atomic mass is 16.5. The molecule has 112 valence electrons. The van der Waals surface area contributed by atoms with Gasteiger partial charge in [-0.2, -0.15) is 9.97 Å². The summed E-state index contributed by atoms with van der Waals surface area (Å²) in [5.41, 5.74) is -0.0611. The van der Waals surface area contributed by atoms with Crippen molar-refractivity contribution in [1.29, 1.82) is 0 Å². The van der Waals surface area contributed by atoms with Crippen molar-refractivity contribution in [3.05, 3.63) is 6.07 Å². The first-order valence-corrected chi connectivity index (χ1v) is 6.66. The minimum Gasteiger partial charge on any atom is -0.481 e. The molecule has 0 aromatic carbocycles. The van der Waals surface area contributed by atoms with Crippen LogP contribution in [0, 0.1) is 0 Å². The molecule has 0 amide bonds. The third-order valence-corrected chi connectivity index (χ3v) is 3.44. The molecule has 0 radical (unpaired) electrons. The predicted octanol–water partition coefficient (Wildman–Crippen LogP) is 0.674. The number of anilines is 1. The maximum Gasteiger partial charge on any atom is 0.229 e. The van der Waals surface area contributed by atoms with Crippen molar-refractivity contribution in [3.63, 3.8) is 0 Å². The van der Waals surface area contributed by atoms with E-state index in [2.05, 4.69) is 20.6 Å². The Morgan fingerprint density at radius 1 is 1.25 bits per heavy atom. The van der Waals surface area contributed by atoms with E-state index in [4.69, 9.17) is 14.2 Å². The molecule has 7 nitrogen and oxygen atoms in total. The monoisotopic (exact) mass is 282 g/mol. The van der Waals surface area contributed by atoms with Crippen molar-refractivity contribution in [2.45, 2.75) is 18.4 Å². The number of hydrogen-bond acceptors (Lipinski definition) is 7. The van der Waals surface area contributed by atoms with Gasteiger partial charge in [0.1, 0.15) is 0 Å². The summed E-state index contributed by atoms with van der Waals surface area (Å²) < 4.78 is 15.6. The second kappa shape index (κ2) is 6.71. The van der Waals surface area contributed by atoms with Crippen molar-refractivity contribution in [3.8, 4) is 11.8 Å². The summed E-state index contributed by atoms with van der Waals surface area (Å²) in [5, 5.41) is 6.73. The molecule has 0 spiro atoms. The normalized spacial score (nSPS) is 21.8. The topological polar surface area (TPSA) is 77.5 Å². The SMILES string of the molecule is COCC1(CNc2nc(OC)cc(OC)n2)CCCN1. The lowest BCUT2D eigenvalue weighted by Gasteiger charge is -2.29. The van der Waals surface area contributed by atoms with Crippen LogP contribution in [0.15, 0.2) is 6.07 Å². The quantitative estimate of drug-likeness (QED) is 0.761. The van der Waals surface area contributed by atoms with E-state index >= 15 is 0 Å². The van der Waals surface area contributed by atoms with Crippen molar-refractivity contribution in [2.75, 3.05) is 46.3 Å². The molecule has 1 aliphatic heterocycles. The molecule has 20 heavy (non-hydrogen) atoms. The molecule has 1 aliphatic rings. The Bertz CT molecular complexity index is 413. The molecule has 7 heteroatoms. The van der Waals surface area contributed by atoms with Gasteiger partial charge in [-0.3, -0.25) is 0 Å². The summed E-state index contributed by atoms with van der Waals surface area (Å²) in [4.78, 5) is 8.52. The molecule has 1 aromatic heterocycles. The number of nitrogens with one attached hydrogen (secondary N) is 2. The largest absolute Gasteiger partial charge is 0.481 e. The van der Waals surface area contributed by atoms with Crippen LogP contribution in [0.2, 0.25) is 0 Å². The summed E-state index contributed by atoms with van der Waals surface area (Å²) in [6, 6.07) is 1.64. The van der Waals surface area contributed by atoms with Gasteiger partial charge in [0.15, 0.2) is 0 Å². The second-order valence-electron chi connectivity index (χ2n) is 4.87. The summed E-state index contributed by atoms with van der Waals surface area (Å²) in [6.45, 7) is 2.35. The first-order chi connectivity index (χ1) is 9.71. The van der Waals surface area contributed by atoms with Crippen LogP contribution in [-0.4, -0.2) is 56.5 Å². The number of nitrogens with zero attached hydrogens (tertiary/aromatic N) is 2. The number of methoxy groups -OCH3 is 3. The van der Waals surface area contributed by atoms with Gasteiger partial charge in [-0.1, -0.05) is 0 Å². The van der Waals surface area contributed by atoms with Gasteiger partial charge in [-0.05, 0) is 19.4 Å². The summed E-state index contributed by atoms with van der Waals surface area (Å²) >= 11 is 0. The molecule has 2 heterocycles. The molecular weight excluding hydrogens is 260 g/mol. The van der Waals surface area contributed by atoms with E-state index in [0.717, 1.165) is 19.4 Å². The summed E-state index contributed by atoms with van der Waals surface area (Å²) in [6.07, 6.45) is 2.21. The van der Waals surface area contributed by atoms with Crippen LogP contribution < -0.4 is 20.1 Å². The molecule has 1 unspecified atom stereocenters. The van der Waals surface area contributed by atoms with Crippen molar-refractivity contribution in [2.24, 2.45) is 0 Å². The number of ether oxygens (including phenoxy) is 3. The molecule has 2 rings (SSSR count). The number of hydrogen-bond donors (Lipinski definition) is 2. The zero-order chi connectivity index (χ0) is 14.4. The van der Waals surface area contributed by atoms with Crippen LogP contribution in [0.4, 0.5) is 5.95 Å². The maximum atomic E-state index is 5.31. The Morgan fingerprint density at radius 3 is 2.45 bits per heavy atom. The van der Waals surface area contributed by atoms with Gasteiger partial charge < -0.3 is 24.8 Å². The average molecular weight is 282 g/mol. The zero-order valence-corrected chi connectivity index (χ0v) is 12.2. The molecule has 1 saturated heterocycles. The average Bonchev–Trinajstić information content (AvgIpc) is 2.94. The van der Waals surface area contributed by atoms with E-state index in [9.17, 15) is 0 Å². The van der Waals surface area contributed by atoms with Crippen LogP contribution in [0.25, 0.3) is 0 Å². The van der Waals surface area contributed by atoms with E-state index in [0.29, 0.717) is 30.9 Å². The van der Waals surface area contributed by atoms with Crippen LogP contribution in [-0.2, 0) is 4.74 Å². The smallest absolute Gasteiger partial charge is 0.229 e. The molecule has 2 N–H and O–H groups in total. The Morgan fingerprint density at radius 2 is 1.95 bits per heavy atom. The highest BCUT2D eigenvalue weighted by Gasteiger charge is 2.33. The van der Waals surface area contributed by atoms with Gasteiger partial charge in [-0.15, -0.1) is 0 Å². The number of aromatic nitrogens is 2. The Kier molecular flexibility index (Phi) is 4.97. The van der Waals surface area contributed by atoms with E-state index in [1.807, 2.05) is 0 Å².